The van der Waals surface area contributed by atoms with E-state index in [0.717, 1.165) is 24.4 Å². The molecule has 2 aromatic rings. The molecule has 0 saturated heterocycles. The number of aromatic nitrogens is 3. The molecule has 3 rings (SSSR count). The lowest BCUT2D eigenvalue weighted by atomic mass is 10.0. The summed E-state index contributed by atoms with van der Waals surface area (Å²) in [5.74, 6) is 1.75. The molecule has 1 unspecified atom stereocenters. The van der Waals surface area contributed by atoms with Gasteiger partial charge in [-0.2, -0.15) is 0 Å². The Kier molecular flexibility index (Phi) is 3.73. The number of thioether (sulfide) groups is 1. The number of aryl methyl sites for hydroxylation is 1. The molecule has 2 N–H and O–H groups in total. The molecule has 104 valence electrons. The van der Waals surface area contributed by atoms with Gasteiger partial charge in [0.05, 0.1) is 6.04 Å². The Labute approximate surface area is 121 Å². The fourth-order valence-electron chi connectivity index (χ4n) is 2.27. The van der Waals surface area contributed by atoms with Crippen LogP contribution in [0.1, 0.15) is 41.4 Å². The predicted molar refractivity (Wildman–Crippen MR) is 77.8 cm³/mol. The number of fused-ring (bicyclic) bond motifs is 1. The Bertz CT molecular complexity index is 625. The average molecular weight is 288 g/mol. The van der Waals surface area contributed by atoms with Crippen LogP contribution in [0, 0.1) is 0 Å². The number of hydrogen-bond acceptors (Lipinski definition) is 4. The number of amides is 1. The van der Waals surface area contributed by atoms with E-state index in [1.807, 2.05) is 30.8 Å². The van der Waals surface area contributed by atoms with Crippen molar-refractivity contribution in [3.63, 3.8) is 0 Å². The largest absolute Gasteiger partial charge is 0.342 e. The molecule has 0 fully saturated rings. The summed E-state index contributed by atoms with van der Waals surface area (Å²) in [6.45, 7) is 1.97. The summed E-state index contributed by atoms with van der Waals surface area (Å²) in [7, 11) is 0. The smallest absolute Gasteiger partial charge is 0.291 e. The van der Waals surface area contributed by atoms with Crippen molar-refractivity contribution < 1.29 is 4.79 Å². The molecule has 1 aromatic carbocycles. The summed E-state index contributed by atoms with van der Waals surface area (Å²) >= 11 is 1.83. The lowest BCUT2D eigenvalue weighted by molar-refractivity contribution is 0.0925. The number of nitrogens with one attached hydrogen (secondary N) is 2. The maximum Gasteiger partial charge on any atom is 0.291 e. The van der Waals surface area contributed by atoms with E-state index in [1.165, 1.54) is 10.5 Å². The Morgan fingerprint density at radius 2 is 2.35 bits per heavy atom. The number of carbonyl (C=O) groups excluding carboxylic acids is 1. The van der Waals surface area contributed by atoms with Gasteiger partial charge in [0.25, 0.3) is 5.91 Å². The van der Waals surface area contributed by atoms with Gasteiger partial charge in [-0.05, 0) is 18.1 Å². The van der Waals surface area contributed by atoms with Crippen LogP contribution < -0.4 is 5.32 Å². The second-order valence-electron chi connectivity index (χ2n) is 4.66. The van der Waals surface area contributed by atoms with Crippen LogP contribution in [0.3, 0.4) is 0 Å². The highest BCUT2D eigenvalue weighted by Gasteiger charge is 2.23. The molecule has 5 nitrogen and oxygen atoms in total. The molecule has 6 heteroatoms. The summed E-state index contributed by atoms with van der Waals surface area (Å²) in [5.41, 5.74) is 1.18. The van der Waals surface area contributed by atoms with Crippen LogP contribution in [0.15, 0.2) is 29.2 Å². The van der Waals surface area contributed by atoms with Gasteiger partial charge in [0.2, 0.25) is 5.82 Å². The highest BCUT2D eigenvalue weighted by atomic mass is 32.2. The minimum atomic E-state index is -0.215. The van der Waals surface area contributed by atoms with Crippen molar-refractivity contribution in [3.8, 4) is 0 Å². The van der Waals surface area contributed by atoms with Crippen molar-refractivity contribution in [1.82, 2.24) is 20.5 Å². The lowest BCUT2D eigenvalue weighted by Gasteiger charge is -2.25. The minimum Gasteiger partial charge on any atom is -0.342 e. The van der Waals surface area contributed by atoms with Crippen molar-refractivity contribution in [3.05, 3.63) is 41.5 Å². The predicted octanol–water partition coefficient (Wildman–Crippen LogP) is 2.33. The summed E-state index contributed by atoms with van der Waals surface area (Å²) in [5, 5.41) is 9.75. The van der Waals surface area contributed by atoms with Crippen LogP contribution in [0.4, 0.5) is 0 Å². The van der Waals surface area contributed by atoms with E-state index in [1.54, 1.807) is 0 Å². The highest BCUT2D eigenvalue weighted by Crippen LogP contribution is 2.35. The van der Waals surface area contributed by atoms with Gasteiger partial charge in [-0.1, -0.05) is 25.1 Å². The maximum atomic E-state index is 12.2. The van der Waals surface area contributed by atoms with Crippen molar-refractivity contribution in [2.75, 3.05) is 5.75 Å². The lowest BCUT2D eigenvalue weighted by Crippen LogP contribution is -2.31. The molecule has 1 aromatic heterocycles. The molecule has 0 aliphatic carbocycles. The van der Waals surface area contributed by atoms with Crippen LogP contribution in [0.2, 0.25) is 0 Å². The van der Waals surface area contributed by atoms with Gasteiger partial charge in [-0.25, -0.2) is 4.98 Å². The fraction of sp³-hybridized carbons (Fsp3) is 0.357. The molecular weight excluding hydrogens is 272 g/mol. The molecule has 20 heavy (non-hydrogen) atoms. The molecule has 2 heterocycles. The van der Waals surface area contributed by atoms with E-state index < -0.39 is 0 Å². The van der Waals surface area contributed by atoms with Crippen LogP contribution in [-0.2, 0) is 6.42 Å². The van der Waals surface area contributed by atoms with E-state index in [-0.39, 0.29) is 17.8 Å². The third-order valence-electron chi connectivity index (χ3n) is 3.33. The van der Waals surface area contributed by atoms with E-state index in [0.29, 0.717) is 0 Å². The zero-order valence-corrected chi connectivity index (χ0v) is 12.0. The first kappa shape index (κ1) is 13.2. The van der Waals surface area contributed by atoms with Gasteiger partial charge in [-0.3, -0.25) is 9.89 Å². The van der Waals surface area contributed by atoms with Crippen molar-refractivity contribution >= 4 is 17.7 Å². The van der Waals surface area contributed by atoms with Crippen molar-refractivity contribution in [1.29, 1.82) is 0 Å². The number of nitrogens with zero attached hydrogens (tertiary/aromatic N) is 2. The zero-order chi connectivity index (χ0) is 13.9. The van der Waals surface area contributed by atoms with E-state index in [2.05, 4.69) is 32.6 Å². The molecule has 1 amide bonds. The van der Waals surface area contributed by atoms with Crippen molar-refractivity contribution in [2.45, 2.75) is 30.7 Å². The Hall–Kier alpha value is -1.82. The second-order valence-corrected chi connectivity index (χ2v) is 5.80. The molecule has 0 radical (unpaired) electrons. The fourth-order valence-corrected chi connectivity index (χ4v) is 3.40. The van der Waals surface area contributed by atoms with E-state index in [9.17, 15) is 4.79 Å². The standard InChI is InChI=1S/C14H16N4OS/c1-2-12-16-13(18-17-12)14(19)15-10-7-8-20-11-6-4-3-5-9(10)11/h3-6,10H,2,7-8H2,1H3,(H,15,19)(H,16,17,18). The molecule has 1 aliphatic rings. The topological polar surface area (TPSA) is 70.7 Å². The second kappa shape index (κ2) is 5.66. The Morgan fingerprint density at radius 1 is 1.50 bits per heavy atom. The minimum absolute atomic E-state index is 0.0449. The summed E-state index contributed by atoms with van der Waals surface area (Å²) in [6, 6.07) is 8.25. The normalized spacial score (nSPS) is 17.6. The van der Waals surface area contributed by atoms with Crippen LogP contribution in [-0.4, -0.2) is 26.8 Å². The maximum absolute atomic E-state index is 12.2. The van der Waals surface area contributed by atoms with Gasteiger partial charge in [0.15, 0.2) is 0 Å². The monoisotopic (exact) mass is 288 g/mol. The Balaban J connectivity index is 1.77. The quantitative estimate of drug-likeness (QED) is 0.909. The van der Waals surface area contributed by atoms with Gasteiger partial charge >= 0.3 is 0 Å². The summed E-state index contributed by atoms with van der Waals surface area (Å²) in [6.07, 6.45) is 1.67. The molecule has 0 saturated carbocycles. The van der Waals surface area contributed by atoms with E-state index >= 15 is 0 Å². The van der Waals surface area contributed by atoms with Gasteiger partial charge < -0.3 is 5.32 Å². The van der Waals surface area contributed by atoms with Crippen LogP contribution >= 0.6 is 11.8 Å². The third-order valence-corrected chi connectivity index (χ3v) is 4.46. The summed E-state index contributed by atoms with van der Waals surface area (Å²) < 4.78 is 0. The van der Waals surface area contributed by atoms with Gasteiger partial charge in [0, 0.05) is 17.1 Å². The first-order chi connectivity index (χ1) is 9.78. The number of aromatic amines is 1. The number of carbonyl (C=O) groups is 1. The van der Waals surface area contributed by atoms with E-state index in [4.69, 9.17) is 0 Å². The summed E-state index contributed by atoms with van der Waals surface area (Å²) in [4.78, 5) is 17.6. The van der Waals surface area contributed by atoms with Gasteiger partial charge in [-0.15, -0.1) is 16.9 Å². The Morgan fingerprint density at radius 3 is 3.15 bits per heavy atom. The average Bonchev–Trinajstić information content (AvgIpc) is 2.97. The number of hydrogen-bond donors (Lipinski definition) is 2. The number of H-pyrrole nitrogens is 1. The number of rotatable bonds is 3. The zero-order valence-electron chi connectivity index (χ0n) is 11.2. The molecule has 0 bridgehead atoms. The third kappa shape index (κ3) is 2.56. The molecule has 1 atom stereocenters. The highest BCUT2D eigenvalue weighted by molar-refractivity contribution is 7.99. The molecular formula is C14H16N4OS. The molecule has 0 spiro atoms. The van der Waals surface area contributed by atoms with Crippen molar-refractivity contribution in [2.24, 2.45) is 0 Å². The number of benzene rings is 1. The first-order valence-corrected chi connectivity index (χ1v) is 7.70. The van der Waals surface area contributed by atoms with Crippen LogP contribution in [0.25, 0.3) is 0 Å². The van der Waals surface area contributed by atoms with Crippen LogP contribution in [0.5, 0.6) is 0 Å². The molecule has 1 aliphatic heterocycles. The SMILES string of the molecule is CCc1nc(C(=O)NC2CCSc3ccccc32)n[nH]1. The first-order valence-electron chi connectivity index (χ1n) is 6.71. The van der Waals surface area contributed by atoms with Gasteiger partial charge in [0.1, 0.15) is 5.82 Å².